The molecule has 0 aromatic carbocycles. The summed E-state index contributed by atoms with van der Waals surface area (Å²) in [5, 5.41) is 3.67. The zero-order valence-corrected chi connectivity index (χ0v) is 9.97. The fourth-order valence-corrected chi connectivity index (χ4v) is 2.07. The molecule has 1 heteroatoms. The lowest BCUT2D eigenvalue weighted by Crippen LogP contribution is -2.32. The minimum atomic E-state index is 0.706. The van der Waals surface area contributed by atoms with Gasteiger partial charge in [-0.05, 0) is 44.1 Å². The predicted molar refractivity (Wildman–Crippen MR) is 63.4 cm³/mol. The lowest BCUT2D eigenvalue weighted by Gasteiger charge is -2.19. The molecule has 0 heterocycles. The maximum Gasteiger partial charge on any atom is 0.0135 e. The Morgan fingerprint density at radius 1 is 1.50 bits per heavy atom. The first-order valence-corrected chi connectivity index (χ1v) is 6.09. The van der Waals surface area contributed by atoms with Gasteiger partial charge in [-0.15, -0.1) is 0 Å². The van der Waals surface area contributed by atoms with Crippen LogP contribution in [0.1, 0.15) is 46.5 Å². The summed E-state index contributed by atoms with van der Waals surface area (Å²) >= 11 is 0. The van der Waals surface area contributed by atoms with Crippen molar-refractivity contribution in [1.29, 1.82) is 0 Å². The molecule has 1 nitrogen and oxygen atoms in total. The van der Waals surface area contributed by atoms with E-state index in [0.717, 1.165) is 24.8 Å². The van der Waals surface area contributed by atoms with Crippen LogP contribution < -0.4 is 5.32 Å². The molecular formula is C13H25N. The van der Waals surface area contributed by atoms with Gasteiger partial charge in [-0.3, -0.25) is 0 Å². The summed E-state index contributed by atoms with van der Waals surface area (Å²) in [6.45, 7) is 12.1. The molecule has 1 rings (SSSR count). The quantitative estimate of drug-likeness (QED) is 0.614. The van der Waals surface area contributed by atoms with Crippen LogP contribution in [0.25, 0.3) is 0 Å². The average Bonchev–Trinajstić information content (AvgIpc) is 2.89. The van der Waals surface area contributed by atoms with E-state index < -0.39 is 0 Å². The van der Waals surface area contributed by atoms with Crippen molar-refractivity contribution in [1.82, 2.24) is 5.32 Å². The summed E-state index contributed by atoms with van der Waals surface area (Å²) in [6.07, 6.45) is 4.96. The Balaban J connectivity index is 2.33. The fourth-order valence-electron chi connectivity index (χ4n) is 2.07. The SMILES string of the molecule is C=C(CC)CC(NCCC)C1CC1C. The predicted octanol–water partition coefficient (Wildman–Crippen LogP) is 3.37. The van der Waals surface area contributed by atoms with Crippen molar-refractivity contribution in [2.45, 2.75) is 52.5 Å². The van der Waals surface area contributed by atoms with Gasteiger partial charge < -0.3 is 5.32 Å². The second kappa shape index (κ2) is 5.55. The molecule has 1 aliphatic rings. The van der Waals surface area contributed by atoms with Crippen molar-refractivity contribution in [3.05, 3.63) is 12.2 Å². The standard InChI is InChI=1S/C13H25N/c1-5-7-14-13(8-10(3)6-2)12-9-11(12)4/h11-14H,3,5-9H2,1-2,4H3. The van der Waals surface area contributed by atoms with Gasteiger partial charge in [-0.25, -0.2) is 0 Å². The third-order valence-corrected chi connectivity index (χ3v) is 3.35. The minimum Gasteiger partial charge on any atom is -0.313 e. The summed E-state index contributed by atoms with van der Waals surface area (Å²) in [4.78, 5) is 0. The number of hydrogen-bond acceptors (Lipinski definition) is 1. The zero-order valence-electron chi connectivity index (χ0n) is 9.97. The molecule has 1 saturated carbocycles. The van der Waals surface area contributed by atoms with E-state index in [9.17, 15) is 0 Å². The van der Waals surface area contributed by atoms with Gasteiger partial charge in [0.1, 0.15) is 0 Å². The van der Waals surface area contributed by atoms with Gasteiger partial charge in [0.15, 0.2) is 0 Å². The first-order chi connectivity index (χ1) is 6.69. The van der Waals surface area contributed by atoms with Crippen molar-refractivity contribution in [3.63, 3.8) is 0 Å². The number of nitrogens with one attached hydrogen (secondary N) is 1. The van der Waals surface area contributed by atoms with Crippen LogP contribution in [0.3, 0.4) is 0 Å². The van der Waals surface area contributed by atoms with Crippen LogP contribution in [-0.4, -0.2) is 12.6 Å². The Labute approximate surface area is 89.0 Å². The molecule has 0 bridgehead atoms. The molecular weight excluding hydrogens is 170 g/mol. The molecule has 1 fully saturated rings. The Bertz CT molecular complexity index is 186. The summed E-state index contributed by atoms with van der Waals surface area (Å²) in [5.74, 6) is 1.86. The van der Waals surface area contributed by atoms with Gasteiger partial charge in [0.25, 0.3) is 0 Å². The van der Waals surface area contributed by atoms with Gasteiger partial charge >= 0.3 is 0 Å². The second-order valence-electron chi connectivity index (χ2n) is 4.75. The summed E-state index contributed by atoms with van der Waals surface area (Å²) in [5.41, 5.74) is 1.40. The van der Waals surface area contributed by atoms with Crippen molar-refractivity contribution >= 4 is 0 Å². The Morgan fingerprint density at radius 2 is 2.14 bits per heavy atom. The van der Waals surface area contributed by atoms with Gasteiger partial charge in [0.05, 0.1) is 0 Å². The normalized spacial score (nSPS) is 27.4. The van der Waals surface area contributed by atoms with Crippen LogP contribution in [0.15, 0.2) is 12.2 Å². The van der Waals surface area contributed by atoms with E-state index in [-0.39, 0.29) is 0 Å². The van der Waals surface area contributed by atoms with Crippen LogP contribution in [0.2, 0.25) is 0 Å². The summed E-state index contributed by atoms with van der Waals surface area (Å²) < 4.78 is 0. The van der Waals surface area contributed by atoms with E-state index in [1.54, 1.807) is 0 Å². The van der Waals surface area contributed by atoms with Crippen LogP contribution in [-0.2, 0) is 0 Å². The third-order valence-electron chi connectivity index (χ3n) is 3.35. The maximum absolute atomic E-state index is 4.12. The average molecular weight is 195 g/mol. The molecule has 0 aromatic rings. The molecule has 1 aliphatic carbocycles. The van der Waals surface area contributed by atoms with Crippen molar-refractivity contribution in [2.24, 2.45) is 11.8 Å². The minimum absolute atomic E-state index is 0.706. The number of rotatable bonds is 7. The molecule has 0 aromatic heterocycles. The smallest absolute Gasteiger partial charge is 0.0135 e. The van der Waals surface area contributed by atoms with Gasteiger partial charge in [0, 0.05) is 6.04 Å². The highest BCUT2D eigenvalue weighted by molar-refractivity contribution is 5.02. The monoisotopic (exact) mass is 195 g/mol. The van der Waals surface area contributed by atoms with E-state index >= 15 is 0 Å². The molecule has 0 saturated heterocycles. The van der Waals surface area contributed by atoms with E-state index in [4.69, 9.17) is 0 Å². The second-order valence-corrected chi connectivity index (χ2v) is 4.75. The highest BCUT2D eigenvalue weighted by Crippen LogP contribution is 2.42. The highest BCUT2D eigenvalue weighted by Gasteiger charge is 2.38. The molecule has 1 N–H and O–H groups in total. The highest BCUT2D eigenvalue weighted by atomic mass is 14.9. The largest absolute Gasteiger partial charge is 0.313 e. The molecule has 0 radical (unpaired) electrons. The van der Waals surface area contributed by atoms with Crippen molar-refractivity contribution in [3.8, 4) is 0 Å². The van der Waals surface area contributed by atoms with Crippen LogP contribution in [0.5, 0.6) is 0 Å². The fraction of sp³-hybridized carbons (Fsp3) is 0.846. The topological polar surface area (TPSA) is 12.0 Å². The molecule has 0 aliphatic heterocycles. The summed E-state index contributed by atoms with van der Waals surface area (Å²) in [6, 6.07) is 0.706. The van der Waals surface area contributed by atoms with Gasteiger partial charge in [0.2, 0.25) is 0 Å². The summed E-state index contributed by atoms with van der Waals surface area (Å²) in [7, 11) is 0. The van der Waals surface area contributed by atoms with E-state index in [1.165, 1.54) is 24.8 Å². The van der Waals surface area contributed by atoms with E-state index in [2.05, 4.69) is 32.7 Å². The van der Waals surface area contributed by atoms with E-state index in [0.29, 0.717) is 6.04 Å². The molecule has 82 valence electrons. The molecule has 3 atom stereocenters. The van der Waals surface area contributed by atoms with Crippen LogP contribution in [0.4, 0.5) is 0 Å². The number of hydrogen-bond donors (Lipinski definition) is 1. The Hall–Kier alpha value is -0.300. The molecule has 0 amide bonds. The zero-order chi connectivity index (χ0) is 10.6. The Kier molecular flexibility index (Phi) is 4.67. The van der Waals surface area contributed by atoms with E-state index in [1.807, 2.05) is 0 Å². The third kappa shape index (κ3) is 3.45. The van der Waals surface area contributed by atoms with Gasteiger partial charge in [-0.2, -0.15) is 0 Å². The van der Waals surface area contributed by atoms with Crippen LogP contribution in [0, 0.1) is 11.8 Å². The van der Waals surface area contributed by atoms with Crippen LogP contribution >= 0.6 is 0 Å². The van der Waals surface area contributed by atoms with Crippen molar-refractivity contribution in [2.75, 3.05) is 6.54 Å². The lowest BCUT2D eigenvalue weighted by atomic mass is 10.0. The lowest BCUT2D eigenvalue weighted by molar-refractivity contribution is 0.440. The Morgan fingerprint density at radius 3 is 2.57 bits per heavy atom. The molecule has 0 spiro atoms. The molecule has 3 unspecified atom stereocenters. The molecule has 14 heavy (non-hydrogen) atoms. The maximum atomic E-state index is 4.12. The van der Waals surface area contributed by atoms with Gasteiger partial charge in [-0.1, -0.05) is 32.9 Å². The first-order valence-electron chi connectivity index (χ1n) is 6.09. The van der Waals surface area contributed by atoms with Crippen molar-refractivity contribution < 1.29 is 0 Å². The first kappa shape index (κ1) is 11.8.